The lowest BCUT2D eigenvalue weighted by Gasteiger charge is -2.33. The number of hydrogen-bond acceptors (Lipinski definition) is 7. The van der Waals surface area contributed by atoms with Gasteiger partial charge in [0, 0.05) is 38.1 Å². The van der Waals surface area contributed by atoms with Gasteiger partial charge in [-0.3, -0.25) is 9.48 Å². The molecule has 1 amide bonds. The highest BCUT2D eigenvalue weighted by atomic mass is 35.5. The molecule has 4 heterocycles. The normalized spacial score (nSPS) is 18.7. The van der Waals surface area contributed by atoms with E-state index in [-0.39, 0.29) is 17.5 Å². The van der Waals surface area contributed by atoms with E-state index in [2.05, 4.69) is 36.8 Å². The quantitative estimate of drug-likeness (QED) is 0.347. The number of carbonyl (C=O) groups excluding carboxylic acids is 1. The second-order valence-corrected chi connectivity index (χ2v) is 9.14. The summed E-state index contributed by atoms with van der Waals surface area (Å²) in [5.74, 6) is 1.18. The van der Waals surface area contributed by atoms with Crippen molar-refractivity contribution in [1.29, 1.82) is 5.26 Å². The maximum Gasteiger partial charge on any atom is 0.264 e. The van der Waals surface area contributed by atoms with Crippen LogP contribution in [0.5, 0.6) is 0 Å². The zero-order chi connectivity index (χ0) is 23.7. The van der Waals surface area contributed by atoms with E-state index in [4.69, 9.17) is 11.6 Å². The molecule has 0 bridgehead atoms. The number of anilines is 3. The van der Waals surface area contributed by atoms with Gasteiger partial charge in [0.05, 0.1) is 22.3 Å². The van der Waals surface area contributed by atoms with Crippen molar-refractivity contribution in [2.24, 2.45) is 5.92 Å². The van der Waals surface area contributed by atoms with Crippen LogP contribution in [-0.2, 0) is 11.3 Å². The standard InChI is InChI=1S/C23H26ClN9O/c1-2-33-13-17(10-27-33)29-23-30-20-19(18(24)11-26-20)21(31-23)28-16-4-3-7-32(12-16)22(34)15(9-25)8-14-5-6-14/h8,10-11,13-14,16H,2-7,12H2,1H3,(H3,26,28,29,30,31)/b15-8+/t16-/m1/s1. The first-order valence-electron chi connectivity index (χ1n) is 11.6. The Morgan fingerprint density at radius 2 is 2.24 bits per heavy atom. The van der Waals surface area contributed by atoms with Crippen molar-refractivity contribution < 1.29 is 4.79 Å². The van der Waals surface area contributed by atoms with Gasteiger partial charge in [0.2, 0.25) is 5.95 Å². The summed E-state index contributed by atoms with van der Waals surface area (Å²) in [5, 5.41) is 21.6. The lowest BCUT2D eigenvalue weighted by atomic mass is 10.0. The molecule has 0 aromatic carbocycles. The second kappa shape index (κ2) is 9.35. The van der Waals surface area contributed by atoms with Gasteiger partial charge < -0.3 is 20.5 Å². The van der Waals surface area contributed by atoms with Crippen LogP contribution in [0.4, 0.5) is 17.5 Å². The van der Waals surface area contributed by atoms with E-state index in [0.29, 0.717) is 46.8 Å². The summed E-state index contributed by atoms with van der Waals surface area (Å²) in [4.78, 5) is 27.0. The summed E-state index contributed by atoms with van der Waals surface area (Å²) in [5.41, 5.74) is 1.64. The third kappa shape index (κ3) is 4.70. The van der Waals surface area contributed by atoms with E-state index in [0.717, 1.165) is 37.9 Å². The van der Waals surface area contributed by atoms with Crippen LogP contribution in [-0.4, -0.2) is 54.7 Å². The number of nitrogens with zero attached hydrogens (tertiary/aromatic N) is 6. The van der Waals surface area contributed by atoms with Gasteiger partial charge in [-0.2, -0.15) is 20.3 Å². The van der Waals surface area contributed by atoms with Gasteiger partial charge >= 0.3 is 0 Å². The summed E-state index contributed by atoms with van der Waals surface area (Å²) in [6, 6.07) is 2.06. The summed E-state index contributed by atoms with van der Waals surface area (Å²) in [7, 11) is 0. The zero-order valence-electron chi connectivity index (χ0n) is 18.9. The minimum absolute atomic E-state index is 0.0293. The van der Waals surface area contributed by atoms with Crippen molar-refractivity contribution in [3.8, 4) is 6.07 Å². The van der Waals surface area contributed by atoms with Crippen LogP contribution in [0.1, 0.15) is 32.6 Å². The molecule has 3 aromatic rings. The average Bonchev–Trinajstić information content (AvgIpc) is 3.43. The molecule has 1 aliphatic heterocycles. The molecule has 1 saturated carbocycles. The predicted molar refractivity (Wildman–Crippen MR) is 130 cm³/mol. The number of hydrogen-bond donors (Lipinski definition) is 3. The van der Waals surface area contributed by atoms with Crippen molar-refractivity contribution >= 4 is 46.0 Å². The first kappa shape index (κ1) is 22.2. The monoisotopic (exact) mass is 479 g/mol. The average molecular weight is 480 g/mol. The summed E-state index contributed by atoms with van der Waals surface area (Å²) >= 11 is 6.43. The van der Waals surface area contributed by atoms with Crippen molar-refractivity contribution in [3.63, 3.8) is 0 Å². The number of rotatable bonds is 7. The lowest BCUT2D eigenvalue weighted by Crippen LogP contribution is -2.45. The molecular weight excluding hydrogens is 454 g/mol. The fraction of sp³-hybridized carbons (Fsp3) is 0.435. The smallest absolute Gasteiger partial charge is 0.264 e. The summed E-state index contributed by atoms with van der Waals surface area (Å²) < 4.78 is 1.81. The lowest BCUT2D eigenvalue weighted by molar-refractivity contribution is -0.127. The van der Waals surface area contributed by atoms with Crippen LogP contribution >= 0.6 is 11.6 Å². The summed E-state index contributed by atoms with van der Waals surface area (Å²) in [6.07, 6.45) is 10.9. The Bertz CT molecular complexity index is 1280. The van der Waals surface area contributed by atoms with Crippen LogP contribution in [0.15, 0.2) is 30.2 Å². The van der Waals surface area contributed by atoms with Gasteiger partial charge in [-0.15, -0.1) is 0 Å². The van der Waals surface area contributed by atoms with E-state index in [1.165, 1.54) is 0 Å². The number of aromatic nitrogens is 5. The highest BCUT2D eigenvalue weighted by Gasteiger charge is 2.29. The van der Waals surface area contributed by atoms with Crippen LogP contribution in [0.25, 0.3) is 11.0 Å². The number of nitriles is 1. The minimum atomic E-state index is -0.191. The number of halogens is 1. The SMILES string of the molecule is CCn1cc(Nc2nc(N[C@@H]3CCCN(C(=O)/C(C#N)=C/C4CC4)C3)c3c(Cl)c[nH]c3n2)cn1. The Hall–Kier alpha value is -3.58. The van der Waals surface area contributed by atoms with Crippen molar-refractivity contribution in [2.45, 2.75) is 45.2 Å². The van der Waals surface area contributed by atoms with Gasteiger partial charge in [-0.25, -0.2) is 0 Å². The molecular formula is C23H26ClN9O. The first-order valence-corrected chi connectivity index (χ1v) is 11.9. The van der Waals surface area contributed by atoms with Gasteiger partial charge in [0.1, 0.15) is 23.1 Å². The maximum absolute atomic E-state index is 12.9. The highest BCUT2D eigenvalue weighted by molar-refractivity contribution is 6.36. The molecule has 5 rings (SSSR count). The number of aryl methyl sites for hydroxylation is 1. The molecule has 2 fully saturated rings. The number of likely N-dealkylation sites (tertiary alicyclic amines) is 1. The Labute approximate surface area is 202 Å². The number of allylic oxidation sites excluding steroid dienone is 1. The van der Waals surface area contributed by atoms with Crippen LogP contribution < -0.4 is 10.6 Å². The Morgan fingerprint density at radius 3 is 2.97 bits per heavy atom. The molecule has 1 aliphatic carbocycles. The fourth-order valence-electron chi connectivity index (χ4n) is 4.18. The Balaban J connectivity index is 1.36. The van der Waals surface area contributed by atoms with Crippen LogP contribution in [0.2, 0.25) is 5.02 Å². The topological polar surface area (TPSA) is 128 Å². The van der Waals surface area contributed by atoms with Crippen molar-refractivity contribution in [1.82, 2.24) is 29.6 Å². The number of piperidine rings is 1. The highest BCUT2D eigenvalue weighted by Crippen LogP contribution is 2.33. The third-order valence-corrected chi connectivity index (χ3v) is 6.42. The Kier molecular flexibility index (Phi) is 6.11. The first-order chi connectivity index (χ1) is 16.5. The molecule has 0 spiro atoms. The largest absolute Gasteiger partial charge is 0.365 e. The van der Waals surface area contributed by atoms with Crippen molar-refractivity contribution in [3.05, 3.63) is 35.3 Å². The number of amides is 1. The molecule has 0 radical (unpaired) electrons. The Morgan fingerprint density at radius 1 is 1.38 bits per heavy atom. The summed E-state index contributed by atoms with van der Waals surface area (Å²) in [6.45, 7) is 3.91. The number of nitrogens with one attached hydrogen (secondary N) is 3. The number of fused-ring (bicyclic) bond motifs is 1. The van der Waals surface area contributed by atoms with Gasteiger partial charge in [-0.05, 0) is 38.5 Å². The van der Waals surface area contributed by atoms with E-state index in [1.54, 1.807) is 17.3 Å². The molecule has 1 saturated heterocycles. The molecule has 176 valence electrons. The molecule has 1 atom stereocenters. The molecule has 3 N–H and O–H groups in total. The maximum atomic E-state index is 12.9. The molecule has 34 heavy (non-hydrogen) atoms. The fourth-order valence-corrected chi connectivity index (χ4v) is 4.42. The molecule has 2 aliphatic rings. The van der Waals surface area contributed by atoms with Crippen LogP contribution in [0, 0.1) is 17.2 Å². The second-order valence-electron chi connectivity index (χ2n) is 8.73. The van der Waals surface area contributed by atoms with E-state index < -0.39 is 0 Å². The molecule has 3 aromatic heterocycles. The molecule has 11 heteroatoms. The zero-order valence-corrected chi connectivity index (χ0v) is 19.6. The number of aromatic amines is 1. The minimum Gasteiger partial charge on any atom is -0.365 e. The van der Waals surface area contributed by atoms with Gasteiger partial charge in [-0.1, -0.05) is 17.7 Å². The molecule has 0 unspecified atom stereocenters. The van der Waals surface area contributed by atoms with E-state index in [1.807, 2.05) is 23.9 Å². The van der Waals surface area contributed by atoms with Gasteiger partial charge in [0.25, 0.3) is 5.91 Å². The van der Waals surface area contributed by atoms with Crippen molar-refractivity contribution in [2.75, 3.05) is 23.7 Å². The van der Waals surface area contributed by atoms with Crippen LogP contribution in [0.3, 0.4) is 0 Å². The van der Waals surface area contributed by atoms with E-state index >= 15 is 0 Å². The van der Waals surface area contributed by atoms with E-state index in [9.17, 15) is 10.1 Å². The third-order valence-electron chi connectivity index (χ3n) is 6.12. The number of H-pyrrole nitrogens is 1. The predicted octanol–water partition coefficient (Wildman–Crippen LogP) is 3.83. The van der Waals surface area contributed by atoms with Gasteiger partial charge in [0.15, 0.2) is 0 Å². The molecule has 10 nitrogen and oxygen atoms in total. The number of carbonyl (C=O) groups is 1.